The number of rotatable bonds is 5. The monoisotopic (exact) mass is 260 g/mol. The molecule has 0 radical (unpaired) electrons. The highest BCUT2D eigenvalue weighted by Crippen LogP contribution is 2.08. The predicted molar refractivity (Wildman–Crippen MR) is 78.2 cm³/mol. The van der Waals surface area contributed by atoms with Crippen molar-refractivity contribution in [1.29, 1.82) is 0 Å². The van der Waals surface area contributed by atoms with Crippen LogP contribution in [0.3, 0.4) is 0 Å². The Hall–Kier alpha value is -1.35. The molecule has 1 amide bonds. The average molecular weight is 260 g/mol. The van der Waals surface area contributed by atoms with E-state index in [1.165, 1.54) is 11.1 Å². The molecule has 0 spiro atoms. The number of piperidine rings is 1. The summed E-state index contributed by atoms with van der Waals surface area (Å²) in [5.74, 6) is 0.207. The van der Waals surface area contributed by atoms with Gasteiger partial charge in [0.25, 0.3) is 0 Å². The first-order valence-corrected chi connectivity index (χ1v) is 7.29. The van der Waals surface area contributed by atoms with E-state index in [4.69, 9.17) is 0 Å². The Kier molecular flexibility index (Phi) is 5.40. The topological polar surface area (TPSA) is 41.1 Å². The summed E-state index contributed by atoms with van der Waals surface area (Å²) < 4.78 is 0. The van der Waals surface area contributed by atoms with Crippen LogP contribution in [0, 0.1) is 6.92 Å². The summed E-state index contributed by atoms with van der Waals surface area (Å²) in [4.78, 5) is 11.8. The molecule has 2 N–H and O–H groups in total. The van der Waals surface area contributed by atoms with Crippen molar-refractivity contribution in [2.24, 2.45) is 0 Å². The maximum Gasteiger partial charge on any atom is 0.220 e. The van der Waals surface area contributed by atoms with Crippen molar-refractivity contribution in [1.82, 2.24) is 10.6 Å². The zero-order chi connectivity index (χ0) is 13.5. The minimum absolute atomic E-state index is 0.207. The maximum atomic E-state index is 11.8. The minimum Gasteiger partial charge on any atom is -0.353 e. The van der Waals surface area contributed by atoms with Gasteiger partial charge in [-0.05, 0) is 51.3 Å². The largest absolute Gasteiger partial charge is 0.353 e. The number of amides is 1. The SMILES string of the molecule is Cc1ccc(CCCC(=O)NC2CCNCC2)cc1. The number of hydrogen-bond acceptors (Lipinski definition) is 2. The normalized spacial score (nSPS) is 16.3. The lowest BCUT2D eigenvalue weighted by Gasteiger charge is -2.23. The molecule has 1 heterocycles. The van der Waals surface area contributed by atoms with Crippen molar-refractivity contribution in [2.75, 3.05) is 13.1 Å². The second-order valence-electron chi connectivity index (χ2n) is 5.43. The highest BCUT2D eigenvalue weighted by molar-refractivity contribution is 5.76. The second kappa shape index (κ2) is 7.29. The Morgan fingerprint density at radius 2 is 1.95 bits per heavy atom. The van der Waals surface area contributed by atoms with Crippen LogP contribution < -0.4 is 10.6 Å². The first-order chi connectivity index (χ1) is 9.24. The van der Waals surface area contributed by atoms with Crippen LogP contribution in [0.5, 0.6) is 0 Å². The third kappa shape index (κ3) is 5.03. The van der Waals surface area contributed by atoms with Gasteiger partial charge in [-0.3, -0.25) is 4.79 Å². The van der Waals surface area contributed by atoms with Crippen molar-refractivity contribution in [2.45, 2.75) is 45.1 Å². The van der Waals surface area contributed by atoms with Crippen LogP contribution in [0.2, 0.25) is 0 Å². The maximum absolute atomic E-state index is 11.8. The van der Waals surface area contributed by atoms with Crippen LogP contribution >= 0.6 is 0 Å². The molecule has 0 bridgehead atoms. The first-order valence-electron chi connectivity index (χ1n) is 7.29. The van der Waals surface area contributed by atoms with Crippen LogP contribution in [-0.4, -0.2) is 25.0 Å². The first kappa shape index (κ1) is 14.1. The van der Waals surface area contributed by atoms with E-state index < -0.39 is 0 Å². The third-order valence-electron chi connectivity index (χ3n) is 3.69. The molecule has 0 unspecified atom stereocenters. The highest BCUT2D eigenvalue weighted by atomic mass is 16.1. The lowest BCUT2D eigenvalue weighted by Crippen LogP contribution is -2.42. The number of hydrogen-bond donors (Lipinski definition) is 2. The summed E-state index contributed by atoms with van der Waals surface area (Å²) in [6.45, 7) is 4.14. The molecule has 1 aromatic rings. The Labute approximate surface area is 115 Å². The molecule has 2 rings (SSSR count). The number of nitrogens with one attached hydrogen (secondary N) is 2. The molecule has 0 aromatic heterocycles. The zero-order valence-corrected chi connectivity index (χ0v) is 11.7. The van der Waals surface area contributed by atoms with Crippen molar-refractivity contribution in [3.8, 4) is 0 Å². The standard InChI is InChI=1S/C16H24N2O/c1-13-5-7-14(8-6-13)3-2-4-16(19)18-15-9-11-17-12-10-15/h5-8,15,17H,2-4,9-12H2,1H3,(H,18,19). The Bertz CT molecular complexity index is 394. The van der Waals surface area contributed by atoms with E-state index in [0.29, 0.717) is 12.5 Å². The molecule has 0 atom stereocenters. The molecule has 104 valence electrons. The van der Waals surface area contributed by atoms with Gasteiger partial charge in [0.2, 0.25) is 5.91 Å². The zero-order valence-electron chi connectivity index (χ0n) is 11.7. The van der Waals surface area contributed by atoms with Gasteiger partial charge < -0.3 is 10.6 Å². The van der Waals surface area contributed by atoms with Gasteiger partial charge in [-0.25, -0.2) is 0 Å². The van der Waals surface area contributed by atoms with Crippen molar-refractivity contribution >= 4 is 5.91 Å². The fourth-order valence-electron chi connectivity index (χ4n) is 2.47. The van der Waals surface area contributed by atoms with Gasteiger partial charge in [-0.2, -0.15) is 0 Å². The molecule has 1 fully saturated rings. The summed E-state index contributed by atoms with van der Waals surface area (Å²) in [5, 5.41) is 6.44. The lowest BCUT2D eigenvalue weighted by molar-refractivity contribution is -0.122. The number of carbonyl (C=O) groups is 1. The molecule has 1 aliphatic rings. The van der Waals surface area contributed by atoms with E-state index in [-0.39, 0.29) is 5.91 Å². The quantitative estimate of drug-likeness (QED) is 0.852. The molecule has 1 aromatic carbocycles. The van der Waals surface area contributed by atoms with Gasteiger partial charge in [0.1, 0.15) is 0 Å². The molecule has 3 nitrogen and oxygen atoms in total. The summed E-state index contributed by atoms with van der Waals surface area (Å²) >= 11 is 0. The Morgan fingerprint density at radius 3 is 2.63 bits per heavy atom. The molecule has 0 saturated carbocycles. The van der Waals surface area contributed by atoms with E-state index in [1.807, 2.05) is 0 Å². The smallest absolute Gasteiger partial charge is 0.220 e. The van der Waals surface area contributed by atoms with Gasteiger partial charge in [0.15, 0.2) is 0 Å². The fourth-order valence-corrected chi connectivity index (χ4v) is 2.47. The number of aryl methyl sites for hydroxylation is 2. The van der Waals surface area contributed by atoms with Gasteiger partial charge in [-0.1, -0.05) is 29.8 Å². The number of carbonyl (C=O) groups excluding carboxylic acids is 1. The van der Waals surface area contributed by atoms with E-state index in [9.17, 15) is 4.79 Å². The Balaban J connectivity index is 1.64. The van der Waals surface area contributed by atoms with Crippen molar-refractivity contribution < 1.29 is 4.79 Å². The van der Waals surface area contributed by atoms with Gasteiger partial charge in [0, 0.05) is 12.5 Å². The van der Waals surface area contributed by atoms with E-state index in [1.54, 1.807) is 0 Å². The lowest BCUT2D eigenvalue weighted by atomic mass is 10.0. The van der Waals surface area contributed by atoms with Crippen molar-refractivity contribution in [3.63, 3.8) is 0 Å². The summed E-state index contributed by atoms with van der Waals surface area (Å²) in [6, 6.07) is 8.95. The minimum atomic E-state index is 0.207. The average Bonchev–Trinajstić information content (AvgIpc) is 2.42. The fraction of sp³-hybridized carbons (Fsp3) is 0.562. The molecule has 0 aliphatic carbocycles. The summed E-state index contributed by atoms with van der Waals surface area (Å²) in [5.41, 5.74) is 2.60. The molecular formula is C16H24N2O. The Morgan fingerprint density at radius 1 is 1.26 bits per heavy atom. The molecular weight excluding hydrogens is 236 g/mol. The summed E-state index contributed by atoms with van der Waals surface area (Å²) in [7, 11) is 0. The van der Waals surface area contributed by atoms with E-state index in [2.05, 4.69) is 41.8 Å². The third-order valence-corrected chi connectivity index (χ3v) is 3.69. The highest BCUT2D eigenvalue weighted by Gasteiger charge is 2.14. The molecule has 19 heavy (non-hydrogen) atoms. The number of benzene rings is 1. The van der Waals surface area contributed by atoms with Crippen LogP contribution in [-0.2, 0) is 11.2 Å². The summed E-state index contributed by atoms with van der Waals surface area (Å²) in [6.07, 6.45) is 4.67. The second-order valence-corrected chi connectivity index (χ2v) is 5.43. The van der Waals surface area contributed by atoms with Crippen LogP contribution in [0.15, 0.2) is 24.3 Å². The van der Waals surface area contributed by atoms with Crippen LogP contribution in [0.4, 0.5) is 0 Å². The van der Waals surface area contributed by atoms with Gasteiger partial charge in [-0.15, -0.1) is 0 Å². The van der Waals surface area contributed by atoms with Crippen LogP contribution in [0.1, 0.15) is 36.8 Å². The van der Waals surface area contributed by atoms with Gasteiger partial charge in [0.05, 0.1) is 0 Å². The molecule has 1 saturated heterocycles. The molecule has 3 heteroatoms. The molecule has 1 aliphatic heterocycles. The van der Waals surface area contributed by atoms with E-state index in [0.717, 1.165) is 38.8 Å². The van der Waals surface area contributed by atoms with E-state index >= 15 is 0 Å². The predicted octanol–water partition coefficient (Wildman–Crippen LogP) is 2.19. The van der Waals surface area contributed by atoms with Gasteiger partial charge >= 0.3 is 0 Å². The van der Waals surface area contributed by atoms with Crippen molar-refractivity contribution in [3.05, 3.63) is 35.4 Å². The van der Waals surface area contributed by atoms with Crippen LogP contribution in [0.25, 0.3) is 0 Å².